The minimum Gasteiger partial charge on any atom is -0.481 e. The Kier molecular flexibility index (Phi) is 9.99. The van der Waals surface area contributed by atoms with Gasteiger partial charge in [-0.15, -0.1) is 0 Å². The summed E-state index contributed by atoms with van der Waals surface area (Å²) in [6, 6.07) is 6.37. The number of ether oxygens (including phenoxy) is 1. The maximum Gasteiger partial charge on any atom is 0.309 e. The number of aromatic nitrogens is 2. The third kappa shape index (κ3) is 6.07. The molecule has 1 saturated heterocycles. The maximum absolute atomic E-state index is 15.5. The number of allylic oxidation sites excluding steroid dienone is 1. The highest BCUT2D eigenvalue weighted by atomic mass is 19.1. The largest absolute Gasteiger partial charge is 0.481 e. The number of nitrogens with zero attached hydrogens (tertiary/aromatic N) is 2. The summed E-state index contributed by atoms with van der Waals surface area (Å²) in [5.41, 5.74) is 1.39. The number of nitrogens with one attached hydrogen (secondary N) is 1. The van der Waals surface area contributed by atoms with E-state index in [9.17, 15) is 19.1 Å². The van der Waals surface area contributed by atoms with Crippen LogP contribution in [0.1, 0.15) is 151 Å². The van der Waals surface area contributed by atoms with Crippen LogP contribution in [-0.2, 0) is 19.1 Å². The van der Waals surface area contributed by atoms with Gasteiger partial charge in [0.1, 0.15) is 17.7 Å². The van der Waals surface area contributed by atoms with Crippen molar-refractivity contribution in [1.82, 2.24) is 14.9 Å². The van der Waals surface area contributed by atoms with Gasteiger partial charge in [0.2, 0.25) is 5.91 Å². The number of imidazole rings is 1. The summed E-state index contributed by atoms with van der Waals surface area (Å²) in [7, 11) is 0. The van der Waals surface area contributed by atoms with Crippen LogP contribution in [0.4, 0.5) is 4.39 Å². The highest BCUT2D eigenvalue weighted by molar-refractivity contribution is 5.85. The van der Waals surface area contributed by atoms with E-state index in [1.807, 2.05) is 6.20 Å². The SMILES string of the molecule is C=C(C)[C@@H]1CC[C@]2(C(=O)N3CCC[C@H]3c3ncc(-c4ccc(F)cc4)[nH]3)CC[C@]3(C)[C@H](CC[C@@H]4[C@@]5(C)CC[C@H](OC(=O)CC(C)(C)C(=O)O)C(C)(C)[C@@H]5CC[C@]43C)[C@@H]12. The molecule has 0 radical (unpaired) electrons. The predicted molar refractivity (Wildman–Crippen MR) is 223 cm³/mol. The summed E-state index contributed by atoms with van der Waals surface area (Å²) in [6.07, 6.45) is 13.4. The standard InChI is InChI=1S/C49H68FN3O5/c1-29(2)32-18-23-49(42(55)53-26-10-11-35(53)41-51-28-34(52-41)30-12-14-31(50)15-13-30)25-24-47(8)33(40(32)49)16-17-37-46(7)21-20-38(58-39(54)27-44(3,4)43(56)57)45(5,6)36(46)19-22-48(37,47)9/h12-15,28,32-33,35-38,40H,1,10-11,16-27H2,2-9H3,(H,51,52)(H,56,57)/t32-,33+,35-,36-,37+,38-,40+,46-,47+,48+,49-/m0/s1. The number of rotatable bonds is 8. The minimum absolute atomic E-state index is 0.0712. The van der Waals surface area contributed by atoms with Crippen LogP contribution in [0, 0.1) is 67.9 Å². The predicted octanol–water partition coefficient (Wildman–Crippen LogP) is 10.9. The molecule has 58 heavy (non-hydrogen) atoms. The molecule has 6 aliphatic rings. The Morgan fingerprint density at radius 3 is 2.34 bits per heavy atom. The van der Waals surface area contributed by atoms with E-state index in [1.54, 1.807) is 26.0 Å². The molecular formula is C49H68FN3O5. The summed E-state index contributed by atoms with van der Waals surface area (Å²) in [6.45, 7) is 23.1. The number of carboxylic acids is 1. The molecule has 1 aromatic heterocycles. The Labute approximate surface area is 345 Å². The quantitative estimate of drug-likeness (QED) is 0.203. The van der Waals surface area contributed by atoms with Gasteiger partial charge in [-0.05, 0) is 173 Å². The second kappa shape index (κ2) is 14.0. The zero-order valence-corrected chi connectivity index (χ0v) is 36.4. The van der Waals surface area contributed by atoms with E-state index < -0.39 is 22.8 Å². The van der Waals surface area contributed by atoms with E-state index in [1.165, 1.54) is 17.7 Å². The Morgan fingerprint density at radius 1 is 0.931 bits per heavy atom. The first-order chi connectivity index (χ1) is 27.2. The first kappa shape index (κ1) is 41.3. The zero-order valence-electron chi connectivity index (χ0n) is 36.4. The number of hydrogen-bond donors (Lipinski definition) is 2. The third-order valence-corrected chi connectivity index (χ3v) is 18.5. The van der Waals surface area contributed by atoms with Gasteiger partial charge in [-0.2, -0.15) is 0 Å². The van der Waals surface area contributed by atoms with Crippen LogP contribution in [0.3, 0.4) is 0 Å². The van der Waals surface area contributed by atoms with Gasteiger partial charge in [-0.3, -0.25) is 14.4 Å². The Bertz CT molecular complexity index is 1970. The van der Waals surface area contributed by atoms with Gasteiger partial charge >= 0.3 is 11.9 Å². The number of H-pyrrole nitrogens is 1. The van der Waals surface area contributed by atoms with Crippen LogP contribution in [0.25, 0.3) is 11.3 Å². The molecule has 0 spiro atoms. The van der Waals surface area contributed by atoms with Crippen molar-refractivity contribution in [3.63, 3.8) is 0 Å². The molecule has 5 saturated carbocycles. The lowest BCUT2D eigenvalue weighted by Crippen LogP contribution is -2.67. The van der Waals surface area contributed by atoms with Crippen LogP contribution in [0.15, 0.2) is 42.6 Å². The van der Waals surface area contributed by atoms with Gasteiger partial charge in [0.15, 0.2) is 0 Å². The molecule has 6 fully saturated rings. The van der Waals surface area contributed by atoms with Crippen molar-refractivity contribution in [3.05, 3.63) is 54.3 Å². The molecule has 316 valence electrons. The highest BCUT2D eigenvalue weighted by Crippen LogP contribution is 2.78. The average molecular weight is 798 g/mol. The number of amides is 1. The van der Waals surface area contributed by atoms with Crippen LogP contribution in [0.5, 0.6) is 0 Å². The molecule has 8 rings (SSSR count). The lowest BCUT2D eigenvalue weighted by Gasteiger charge is -2.73. The molecule has 1 amide bonds. The summed E-state index contributed by atoms with van der Waals surface area (Å²) >= 11 is 0. The second-order valence-electron chi connectivity index (χ2n) is 21.9. The van der Waals surface area contributed by atoms with E-state index in [0.717, 1.165) is 101 Å². The van der Waals surface area contributed by atoms with Crippen LogP contribution < -0.4 is 0 Å². The molecule has 1 aromatic carbocycles. The monoisotopic (exact) mass is 798 g/mol. The number of esters is 1. The molecule has 0 bridgehead atoms. The highest BCUT2D eigenvalue weighted by Gasteiger charge is 2.72. The molecule has 11 atom stereocenters. The smallest absolute Gasteiger partial charge is 0.309 e. The molecular weight excluding hydrogens is 730 g/mol. The lowest BCUT2D eigenvalue weighted by atomic mass is 9.32. The Hall–Kier alpha value is -3.49. The zero-order chi connectivity index (χ0) is 41.8. The third-order valence-electron chi connectivity index (χ3n) is 18.5. The molecule has 2 heterocycles. The fourth-order valence-corrected chi connectivity index (χ4v) is 15.2. The fraction of sp³-hybridized carbons (Fsp3) is 0.714. The van der Waals surface area contributed by atoms with E-state index in [4.69, 9.17) is 9.72 Å². The molecule has 0 unspecified atom stereocenters. The number of aliphatic carboxylic acids is 1. The van der Waals surface area contributed by atoms with Crippen molar-refractivity contribution in [3.8, 4) is 11.3 Å². The van der Waals surface area contributed by atoms with Crippen molar-refractivity contribution in [1.29, 1.82) is 0 Å². The summed E-state index contributed by atoms with van der Waals surface area (Å²) in [5, 5.41) is 9.66. The van der Waals surface area contributed by atoms with Crippen LogP contribution >= 0.6 is 0 Å². The fourth-order valence-electron chi connectivity index (χ4n) is 15.2. The number of likely N-dealkylation sites (tertiary alicyclic amines) is 1. The van der Waals surface area contributed by atoms with Gasteiger partial charge in [-0.1, -0.05) is 46.8 Å². The molecule has 5 aliphatic carbocycles. The topological polar surface area (TPSA) is 113 Å². The van der Waals surface area contributed by atoms with Crippen molar-refractivity contribution in [2.24, 2.45) is 62.1 Å². The molecule has 2 N–H and O–H groups in total. The number of aromatic amines is 1. The number of carbonyl (C=O) groups excluding carboxylic acids is 2. The van der Waals surface area contributed by atoms with Crippen molar-refractivity contribution in [2.45, 2.75) is 151 Å². The van der Waals surface area contributed by atoms with Gasteiger partial charge in [0.25, 0.3) is 0 Å². The first-order valence-electron chi connectivity index (χ1n) is 22.4. The molecule has 1 aliphatic heterocycles. The van der Waals surface area contributed by atoms with Crippen molar-refractivity contribution in [2.75, 3.05) is 6.54 Å². The van der Waals surface area contributed by atoms with Crippen molar-refractivity contribution >= 4 is 17.8 Å². The number of hydrogen-bond acceptors (Lipinski definition) is 5. The van der Waals surface area contributed by atoms with Gasteiger partial charge < -0.3 is 19.7 Å². The maximum atomic E-state index is 15.5. The van der Waals surface area contributed by atoms with Gasteiger partial charge in [0, 0.05) is 12.0 Å². The number of halogens is 1. The second-order valence-corrected chi connectivity index (χ2v) is 21.9. The average Bonchev–Trinajstić information content (AvgIpc) is 3.92. The van der Waals surface area contributed by atoms with E-state index in [-0.39, 0.29) is 52.0 Å². The van der Waals surface area contributed by atoms with Crippen molar-refractivity contribution < 1.29 is 28.6 Å². The number of fused-ring (bicyclic) bond motifs is 7. The Balaban J connectivity index is 1.05. The number of benzene rings is 1. The molecule has 8 nitrogen and oxygen atoms in total. The minimum atomic E-state index is -1.16. The Morgan fingerprint density at radius 2 is 1.66 bits per heavy atom. The van der Waals surface area contributed by atoms with E-state index in [2.05, 4.69) is 58.0 Å². The first-order valence-corrected chi connectivity index (χ1v) is 22.4. The van der Waals surface area contributed by atoms with E-state index >= 15 is 4.79 Å². The molecule has 2 aromatic rings. The van der Waals surface area contributed by atoms with Gasteiger partial charge in [0.05, 0.1) is 35.2 Å². The number of carbonyl (C=O) groups is 3. The normalized spacial score (nSPS) is 39.2. The van der Waals surface area contributed by atoms with Crippen LogP contribution in [0.2, 0.25) is 0 Å². The van der Waals surface area contributed by atoms with E-state index in [0.29, 0.717) is 29.6 Å². The molecule has 9 heteroatoms. The lowest BCUT2D eigenvalue weighted by molar-refractivity contribution is -0.250. The number of carboxylic acid groups (broad SMARTS) is 1. The summed E-state index contributed by atoms with van der Waals surface area (Å²) in [4.78, 5) is 51.0. The summed E-state index contributed by atoms with van der Waals surface area (Å²) < 4.78 is 19.9. The van der Waals surface area contributed by atoms with Gasteiger partial charge in [-0.25, -0.2) is 9.37 Å². The summed E-state index contributed by atoms with van der Waals surface area (Å²) in [5.74, 6) is 1.39. The van der Waals surface area contributed by atoms with Crippen LogP contribution in [-0.4, -0.2) is 50.5 Å².